The van der Waals surface area contributed by atoms with Gasteiger partial charge in [-0.15, -0.1) is 0 Å². The van der Waals surface area contributed by atoms with Gasteiger partial charge in [0.2, 0.25) is 0 Å². The topological polar surface area (TPSA) is 97.1 Å². The molecule has 4 N–H and O–H groups in total. The average Bonchev–Trinajstić information content (AvgIpc) is 2.36. The summed E-state index contributed by atoms with van der Waals surface area (Å²) >= 11 is 0. The Morgan fingerprint density at radius 1 is 0.500 bits per heavy atom. The van der Waals surface area contributed by atoms with E-state index in [2.05, 4.69) is 0 Å². The van der Waals surface area contributed by atoms with E-state index in [9.17, 15) is 9.59 Å². The predicted octanol–water partition coefficient (Wildman–Crippen LogP) is 0.813. The number of carbonyl (C=O) groups excluding carboxylic acids is 2. The van der Waals surface area contributed by atoms with E-state index in [1.165, 1.54) is 0 Å². The Balaban J connectivity index is 0.000000810. The van der Waals surface area contributed by atoms with Gasteiger partial charge in [0.25, 0.3) is 0 Å². The van der Waals surface area contributed by atoms with Gasteiger partial charge in [-0.3, -0.25) is 9.59 Å². The van der Waals surface area contributed by atoms with Gasteiger partial charge in [-0.2, -0.15) is 0 Å². The minimum absolute atomic E-state index is 0. The molecular formula is C14H12O4. The molecule has 0 saturated carbocycles. The van der Waals surface area contributed by atoms with E-state index in [4.69, 9.17) is 0 Å². The molecule has 92 valence electrons. The molecule has 0 unspecified atom stereocenters. The van der Waals surface area contributed by atoms with Gasteiger partial charge in [-0.05, 0) is 0 Å². The Morgan fingerprint density at radius 3 is 0.944 bits per heavy atom. The fraction of sp³-hybridized carbons (Fsp3) is 0. The summed E-state index contributed by atoms with van der Waals surface area (Å²) in [6, 6.07) is 13.9. The fourth-order valence-corrected chi connectivity index (χ4v) is 2.05. The lowest BCUT2D eigenvalue weighted by atomic mass is 9.84. The molecule has 0 fully saturated rings. The molecule has 0 heterocycles. The Kier molecular flexibility index (Phi) is 3.76. The van der Waals surface area contributed by atoms with Gasteiger partial charge in [0.1, 0.15) is 0 Å². The highest BCUT2D eigenvalue weighted by Crippen LogP contribution is 2.26. The highest BCUT2D eigenvalue weighted by Gasteiger charge is 2.28. The average molecular weight is 244 g/mol. The predicted molar refractivity (Wildman–Crippen MR) is 67.0 cm³/mol. The fourth-order valence-electron chi connectivity index (χ4n) is 2.05. The van der Waals surface area contributed by atoms with Crippen LogP contribution in [0.25, 0.3) is 0 Å². The standard InChI is InChI=1S/C14H8O2.2H2O/c15-13-9-5-1-2-6-10(9)14(16)12-8-4-3-7-11(12)13;;/h1-8H;2*1H2. The second kappa shape index (κ2) is 4.91. The van der Waals surface area contributed by atoms with Crippen LogP contribution in [0.1, 0.15) is 31.8 Å². The molecular weight excluding hydrogens is 232 g/mol. The number of carbonyl (C=O) groups is 2. The number of benzene rings is 2. The third-order valence-corrected chi connectivity index (χ3v) is 2.83. The second-order valence-corrected chi connectivity index (χ2v) is 3.75. The van der Waals surface area contributed by atoms with E-state index in [-0.39, 0.29) is 22.5 Å². The van der Waals surface area contributed by atoms with Crippen LogP contribution in [0.15, 0.2) is 48.5 Å². The first-order valence-electron chi connectivity index (χ1n) is 5.06. The van der Waals surface area contributed by atoms with Gasteiger partial charge >= 0.3 is 0 Å². The number of fused-ring (bicyclic) bond motifs is 2. The molecule has 2 aromatic rings. The lowest BCUT2D eigenvalue weighted by Crippen LogP contribution is -2.20. The van der Waals surface area contributed by atoms with Crippen LogP contribution in [-0.4, -0.2) is 22.5 Å². The summed E-state index contributed by atoms with van der Waals surface area (Å²) < 4.78 is 0. The van der Waals surface area contributed by atoms with Crippen LogP contribution >= 0.6 is 0 Å². The summed E-state index contributed by atoms with van der Waals surface area (Å²) in [4.78, 5) is 24.2. The Bertz CT molecular complexity index is 511. The van der Waals surface area contributed by atoms with E-state index in [0.717, 1.165) is 0 Å². The Labute approximate surface area is 103 Å². The van der Waals surface area contributed by atoms with Gasteiger partial charge in [0.05, 0.1) is 0 Å². The lowest BCUT2D eigenvalue weighted by molar-refractivity contribution is 0.0979. The van der Waals surface area contributed by atoms with E-state index in [1.807, 2.05) is 0 Å². The van der Waals surface area contributed by atoms with Crippen LogP contribution in [0.5, 0.6) is 0 Å². The zero-order chi connectivity index (χ0) is 11.1. The first kappa shape index (κ1) is 13.8. The molecule has 0 radical (unpaired) electrons. The van der Waals surface area contributed by atoms with Gasteiger partial charge in [0.15, 0.2) is 11.6 Å². The van der Waals surface area contributed by atoms with Crippen LogP contribution in [0.3, 0.4) is 0 Å². The minimum Gasteiger partial charge on any atom is -0.412 e. The molecule has 0 spiro atoms. The number of rotatable bonds is 0. The summed E-state index contributed by atoms with van der Waals surface area (Å²) in [6.45, 7) is 0. The van der Waals surface area contributed by atoms with Crippen molar-refractivity contribution in [3.05, 3.63) is 70.8 Å². The number of ketones is 2. The van der Waals surface area contributed by atoms with Crippen molar-refractivity contribution >= 4 is 11.6 Å². The molecule has 0 saturated heterocycles. The summed E-state index contributed by atoms with van der Waals surface area (Å²) in [6.07, 6.45) is 0. The van der Waals surface area contributed by atoms with Crippen molar-refractivity contribution in [3.8, 4) is 0 Å². The summed E-state index contributed by atoms with van der Waals surface area (Å²) in [5.41, 5.74) is 2.02. The van der Waals surface area contributed by atoms with Crippen molar-refractivity contribution in [2.75, 3.05) is 0 Å². The molecule has 2 aromatic carbocycles. The van der Waals surface area contributed by atoms with Crippen molar-refractivity contribution in [1.82, 2.24) is 0 Å². The normalized spacial score (nSPS) is 11.8. The van der Waals surface area contributed by atoms with Crippen LogP contribution < -0.4 is 0 Å². The molecule has 0 bridgehead atoms. The van der Waals surface area contributed by atoms with Crippen molar-refractivity contribution in [1.29, 1.82) is 0 Å². The van der Waals surface area contributed by atoms with E-state index < -0.39 is 0 Å². The first-order chi connectivity index (χ1) is 7.79. The maximum absolute atomic E-state index is 12.1. The largest absolute Gasteiger partial charge is 0.412 e. The van der Waals surface area contributed by atoms with Gasteiger partial charge in [0, 0.05) is 22.3 Å². The van der Waals surface area contributed by atoms with Crippen molar-refractivity contribution in [2.45, 2.75) is 0 Å². The zero-order valence-corrected chi connectivity index (χ0v) is 9.44. The van der Waals surface area contributed by atoms with Gasteiger partial charge in [-0.1, -0.05) is 48.5 Å². The Morgan fingerprint density at radius 2 is 0.722 bits per heavy atom. The van der Waals surface area contributed by atoms with Crippen molar-refractivity contribution < 1.29 is 20.5 Å². The van der Waals surface area contributed by atoms with Crippen LogP contribution in [0, 0.1) is 0 Å². The van der Waals surface area contributed by atoms with Crippen LogP contribution in [0.2, 0.25) is 0 Å². The van der Waals surface area contributed by atoms with Crippen LogP contribution in [-0.2, 0) is 0 Å². The molecule has 0 amide bonds. The number of hydrogen-bond acceptors (Lipinski definition) is 2. The molecule has 1 aliphatic carbocycles. The third-order valence-electron chi connectivity index (χ3n) is 2.83. The van der Waals surface area contributed by atoms with Gasteiger partial charge in [-0.25, -0.2) is 0 Å². The maximum atomic E-state index is 12.1. The number of hydrogen-bond donors (Lipinski definition) is 0. The lowest BCUT2D eigenvalue weighted by Gasteiger charge is -2.16. The molecule has 18 heavy (non-hydrogen) atoms. The highest BCUT2D eigenvalue weighted by molar-refractivity contribution is 6.28. The van der Waals surface area contributed by atoms with E-state index in [0.29, 0.717) is 22.3 Å². The molecule has 4 nitrogen and oxygen atoms in total. The summed E-state index contributed by atoms with van der Waals surface area (Å²) in [5.74, 6) is -0.128. The van der Waals surface area contributed by atoms with Gasteiger partial charge < -0.3 is 11.0 Å². The summed E-state index contributed by atoms with van der Waals surface area (Å²) in [7, 11) is 0. The quantitative estimate of drug-likeness (QED) is 0.584. The summed E-state index contributed by atoms with van der Waals surface area (Å²) in [5, 5.41) is 0. The molecule has 0 aromatic heterocycles. The maximum Gasteiger partial charge on any atom is 0.194 e. The molecule has 3 rings (SSSR count). The van der Waals surface area contributed by atoms with Crippen LogP contribution in [0.4, 0.5) is 0 Å². The van der Waals surface area contributed by atoms with Crippen molar-refractivity contribution in [3.63, 3.8) is 0 Å². The zero-order valence-electron chi connectivity index (χ0n) is 9.44. The first-order valence-corrected chi connectivity index (χ1v) is 5.06. The van der Waals surface area contributed by atoms with E-state index >= 15 is 0 Å². The Hall–Kier alpha value is -2.30. The minimum atomic E-state index is -0.0641. The molecule has 0 aliphatic heterocycles. The van der Waals surface area contributed by atoms with E-state index in [1.54, 1.807) is 48.5 Å². The van der Waals surface area contributed by atoms with Crippen molar-refractivity contribution in [2.24, 2.45) is 0 Å². The molecule has 0 atom stereocenters. The highest BCUT2D eigenvalue weighted by atomic mass is 16.1. The second-order valence-electron chi connectivity index (χ2n) is 3.75. The molecule has 4 heteroatoms. The SMILES string of the molecule is O.O.O=C1c2ccccc2C(=O)c2ccccc21. The monoisotopic (exact) mass is 244 g/mol. The smallest absolute Gasteiger partial charge is 0.194 e. The molecule has 1 aliphatic rings. The third kappa shape index (κ3) is 1.73.